The number of halogens is 3. The van der Waals surface area contributed by atoms with Gasteiger partial charge in [0.05, 0.1) is 25.5 Å². The summed E-state index contributed by atoms with van der Waals surface area (Å²) < 4.78 is 51.5. The van der Waals surface area contributed by atoms with Crippen molar-refractivity contribution in [3.05, 3.63) is 45.2 Å². The van der Waals surface area contributed by atoms with Crippen LogP contribution in [0.15, 0.2) is 12.3 Å². The lowest BCUT2D eigenvalue weighted by Crippen LogP contribution is -2.17. The van der Waals surface area contributed by atoms with Gasteiger partial charge in [-0.1, -0.05) is 6.92 Å². The predicted molar refractivity (Wildman–Crippen MR) is 119 cm³/mol. The van der Waals surface area contributed by atoms with Gasteiger partial charge in [-0.15, -0.1) is 11.3 Å². The van der Waals surface area contributed by atoms with Crippen LogP contribution < -0.4 is 5.32 Å². The highest BCUT2D eigenvalue weighted by Crippen LogP contribution is 2.41. The van der Waals surface area contributed by atoms with E-state index in [0.717, 1.165) is 23.6 Å². The van der Waals surface area contributed by atoms with Gasteiger partial charge in [0, 0.05) is 11.6 Å². The predicted octanol–water partition coefficient (Wildman–Crippen LogP) is 4.60. The monoisotopic (exact) mass is 510 g/mol. The lowest BCUT2D eigenvalue weighted by Gasteiger charge is -2.11. The standard InChI is InChI=1S/C22H21F3N4O5S/c1-4-7-34-20(31)15-10(2)16(21(32)33-3)35-19(15)28-18(30)12-9-26-29-14(22(23,24)25)8-13(11-5-6-11)27-17(12)29/h8-9,11H,4-7H2,1-3H3,(H,28,30). The van der Waals surface area contributed by atoms with Crippen LogP contribution in [0.1, 0.15) is 79.4 Å². The van der Waals surface area contributed by atoms with E-state index in [2.05, 4.69) is 15.4 Å². The lowest BCUT2D eigenvalue weighted by molar-refractivity contribution is -0.142. The molecule has 1 aliphatic carbocycles. The van der Waals surface area contributed by atoms with Crippen molar-refractivity contribution in [2.75, 3.05) is 19.0 Å². The van der Waals surface area contributed by atoms with E-state index in [9.17, 15) is 27.6 Å². The topological polar surface area (TPSA) is 112 Å². The van der Waals surface area contributed by atoms with E-state index in [1.807, 2.05) is 0 Å². The highest BCUT2D eigenvalue weighted by Gasteiger charge is 2.38. The Balaban J connectivity index is 1.76. The molecule has 0 atom stereocenters. The normalized spacial score (nSPS) is 13.7. The summed E-state index contributed by atoms with van der Waals surface area (Å²) in [5.41, 5.74) is -1.04. The van der Waals surface area contributed by atoms with Crippen LogP contribution in [0.5, 0.6) is 0 Å². The lowest BCUT2D eigenvalue weighted by atomic mass is 10.1. The van der Waals surface area contributed by atoms with Crippen molar-refractivity contribution in [3.63, 3.8) is 0 Å². The zero-order valence-electron chi connectivity index (χ0n) is 19.0. The Morgan fingerprint density at radius 1 is 1.26 bits per heavy atom. The molecule has 0 radical (unpaired) electrons. The number of nitrogens with zero attached hydrogens (tertiary/aromatic N) is 3. The minimum Gasteiger partial charge on any atom is -0.465 e. The molecule has 0 aliphatic heterocycles. The van der Waals surface area contributed by atoms with Gasteiger partial charge in [-0.2, -0.15) is 18.3 Å². The van der Waals surface area contributed by atoms with Crippen LogP contribution >= 0.6 is 11.3 Å². The Bertz CT molecular complexity index is 1330. The maximum Gasteiger partial charge on any atom is 0.433 e. The first-order chi connectivity index (χ1) is 16.6. The average Bonchev–Trinajstić information content (AvgIpc) is 3.49. The van der Waals surface area contributed by atoms with Crippen LogP contribution in [0.2, 0.25) is 0 Å². The highest BCUT2D eigenvalue weighted by atomic mass is 32.1. The summed E-state index contributed by atoms with van der Waals surface area (Å²) >= 11 is 0.802. The number of amides is 1. The number of ether oxygens (including phenoxy) is 2. The van der Waals surface area contributed by atoms with Crippen molar-refractivity contribution in [1.29, 1.82) is 0 Å². The van der Waals surface area contributed by atoms with Crippen molar-refractivity contribution < 1.29 is 37.0 Å². The van der Waals surface area contributed by atoms with Gasteiger partial charge >= 0.3 is 18.1 Å². The van der Waals surface area contributed by atoms with Gasteiger partial charge in [0.25, 0.3) is 5.91 Å². The number of methoxy groups -OCH3 is 1. The maximum absolute atomic E-state index is 13.7. The number of hydrogen-bond donors (Lipinski definition) is 1. The number of carbonyl (C=O) groups is 3. The van der Waals surface area contributed by atoms with Crippen LogP contribution in [-0.4, -0.2) is 46.2 Å². The van der Waals surface area contributed by atoms with E-state index in [1.165, 1.54) is 14.0 Å². The molecule has 9 nitrogen and oxygen atoms in total. The van der Waals surface area contributed by atoms with Gasteiger partial charge in [-0.05, 0) is 37.8 Å². The molecule has 186 valence electrons. The molecule has 1 N–H and O–H groups in total. The molecular weight excluding hydrogens is 489 g/mol. The van der Waals surface area contributed by atoms with E-state index < -0.39 is 29.7 Å². The first kappa shape index (κ1) is 24.6. The second-order valence-electron chi connectivity index (χ2n) is 7.97. The number of alkyl halides is 3. The summed E-state index contributed by atoms with van der Waals surface area (Å²) in [5, 5.41) is 6.27. The van der Waals surface area contributed by atoms with Crippen LogP contribution in [0, 0.1) is 6.92 Å². The largest absolute Gasteiger partial charge is 0.465 e. The van der Waals surface area contributed by atoms with Crippen LogP contribution in [0.25, 0.3) is 5.65 Å². The SMILES string of the molecule is CCCOC(=O)c1c(NC(=O)c2cnn3c(C(F)(F)F)cc(C4CC4)nc23)sc(C(=O)OC)c1C. The van der Waals surface area contributed by atoms with E-state index in [0.29, 0.717) is 23.8 Å². The van der Waals surface area contributed by atoms with Gasteiger partial charge < -0.3 is 14.8 Å². The Morgan fingerprint density at radius 3 is 2.57 bits per heavy atom. The summed E-state index contributed by atoms with van der Waals surface area (Å²) in [5.74, 6) is -2.40. The van der Waals surface area contributed by atoms with Crippen molar-refractivity contribution in [2.45, 2.75) is 45.2 Å². The van der Waals surface area contributed by atoms with E-state index in [1.54, 1.807) is 6.92 Å². The number of aromatic nitrogens is 3. The summed E-state index contributed by atoms with van der Waals surface area (Å²) in [7, 11) is 1.18. The zero-order chi connectivity index (χ0) is 25.5. The fraction of sp³-hybridized carbons (Fsp3) is 0.409. The fourth-order valence-corrected chi connectivity index (χ4v) is 4.61. The Hall–Kier alpha value is -3.48. The van der Waals surface area contributed by atoms with Gasteiger partial charge in [-0.3, -0.25) is 4.79 Å². The molecule has 35 heavy (non-hydrogen) atoms. The molecule has 0 spiro atoms. The van der Waals surface area contributed by atoms with Crippen molar-refractivity contribution >= 4 is 39.8 Å². The smallest absolute Gasteiger partial charge is 0.433 e. The number of thiophene rings is 1. The third-order valence-electron chi connectivity index (χ3n) is 5.41. The number of esters is 2. The minimum absolute atomic E-state index is 0.00254. The molecule has 0 bridgehead atoms. The second-order valence-corrected chi connectivity index (χ2v) is 8.99. The third-order valence-corrected chi connectivity index (χ3v) is 6.60. The van der Waals surface area contributed by atoms with Crippen LogP contribution in [0.3, 0.4) is 0 Å². The molecule has 1 aliphatic rings. The van der Waals surface area contributed by atoms with E-state index >= 15 is 0 Å². The maximum atomic E-state index is 13.7. The summed E-state index contributed by atoms with van der Waals surface area (Å²) in [6, 6.07) is 0.951. The van der Waals surface area contributed by atoms with Crippen LogP contribution in [0.4, 0.5) is 18.2 Å². The minimum atomic E-state index is -4.71. The Labute approximate surface area is 201 Å². The van der Waals surface area contributed by atoms with Gasteiger partial charge in [-0.25, -0.2) is 19.1 Å². The molecule has 3 aromatic heterocycles. The second kappa shape index (κ2) is 9.29. The third kappa shape index (κ3) is 4.72. The zero-order valence-corrected chi connectivity index (χ0v) is 19.8. The molecule has 3 heterocycles. The number of rotatable bonds is 7. The Morgan fingerprint density at radius 2 is 1.97 bits per heavy atom. The van der Waals surface area contributed by atoms with Gasteiger partial charge in [0.1, 0.15) is 21.1 Å². The number of carbonyl (C=O) groups excluding carboxylic acids is 3. The summed E-state index contributed by atoms with van der Waals surface area (Å²) in [6.07, 6.45) is -1.74. The molecule has 1 fully saturated rings. The van der Waals surface area contributed by atoms with Crippen molar-refractivity contribution in [3.8, 4) is 0 Å². The molecule has 1 saturated carbocycles. The number of hydrogen-bond acceptors (Lipinski definition) is 8. The molecule has 4 rings (SSSR count). The first-order valence-corrected chi connectivity index (χ1v) is 11.5. The van der Waals surface area contributed by atoms with E-state index in [4.69, 9.17) is 9.47 Å². The van der Waals surface area contributed by atoms with Crippen molar-refractivity contribution in [2.24, 2.45) is 0 Å². The molecule has 3 aromatic rings. The average molecular weight is 510 g/mol. The molecule has 13 heteroatoms. The quantitative estimate of drug-likeness (QED) is 0.462. The molecule has 1 amide bonds. The Kier molecular flexibility index (Phi) is 6.54. The van der Waals surface area contributed by atoms with Crippen LogP contribution in [-0.2, 0) is 15.7 Å². The fourth-order valence-electron chi connectivity index (χ4n) is 3.50. The first-order valence-electron chi connectivity index (χ1n) is 10.7. The number of anilines is 1. The van der Waals surface area contributed by atoms with Crippen molar-refractivity contribution in [1.82, 2.24) is 14.6 Å². The molecule has 0 saturated heterocycles. The van der Waals surface area contributed by atoms with E-state index in [-0.39, 0.29) is 50.4 Å². The molecule has 0 unspecified atom stereocenters. The molecule has 0 aromatic carbocycles. The summed E-state index contributed by atoms with van der Waals surface area (Å²) in [4.78, 5) is 42.3. The highest BCUT2D eigenvalue weighted by molar-refractivity contribution is 7.18. The molecular formula is C22H21F3N4O5S. The summed E-state index contributed by atoms with van der Waals surface area (Å²) in [6.45, 7) is 3.44. The van der Waals surface area contributed by atoms with Gasteiger partial charge in [0.2, 0.25) is 0 Å². The number of fused-ring (bicyclic) bond motifs is 1. The van der Waals surface area contributed by atoms with Gasteiger partial charge in [0.15, 0.2) is 5.65 Å². The number of nitrogens with one attached hydrogen (secondary N) is 1.